The first-order valence-electron chi connectivity index (χ1n) is 9.74. The van der Waals surface area contributed by atoms with E-state index in [1.54, 1.807) is 17.5 Å². The number of anilines is 1. The molecule has 2 fully saturated rings. The first-order chi connectivity index (χ1) is 13.5. The Balaban J connectivity index is 1.47. The van der Waals surface area contributed by atoms with Gasteiger partial charge in [0.15, 0.2) is 0 Å². The molecule has 7 nitrogen and oxygen atoms in total. The van der Waals surface area contributed by atoms with E-state index in [0.717, 1.165) is 60.0 Å². The number of nitrogens with zero attached hydrogens (tertiary/aromatic N) is 6. The second-order valence-corrected chi connectivity index (χ2v) is 8.94. The largest absolute Gasteiger partial charge is 0.370 e. The van der Waals surface area contributed by atoms with Crippen LogP contribution in [0.2, 0.25) is 0 Å². The summed E-state index contributed by atoms with van der Waals surface area (Å²) in [6.45, 7) is 6.13. The van der Waals surface area contributed by atoms with Crippen LogP contribution in [0.1, 0.15) is 37.6 Å². The Bertz CT molecular complexity index is 913. The lowest BCUT2D eigenvalue weighted by Crippen LogP contribution is -2.49. The molecule has 2 aliphatic heterocycles. The highest BCUT2D eigenvalue weighted by Crippen LogP contribution is 2.36. The zero-order chi connectivity index (χ0) is 19.7. The van der Waals surface area contributed by atoms with Gasteiger partial charge in [0, 0.05) is 37.3 Å². The van der Waals surface area contributed by atoms with E-state index < -0.39 is 5.54 Å². The molecule has 146 valence electrons. The van der Waals surface area contributed by atoms with Gasteiger partial charge in [0.25, 0.3) is 0 Å². The van der Waals surface area contributed by atoms with Gasteiger partial charge in [-0.2, -0.15) is 5.26 Å². The van der Waals surface area contributed by atoms with Crippen LogP contribution < -0.4 is 4.90 Å². The van der Waals surface area contributed by atoms with Gasteiger partial charge in [-0.3, -0.25) is 9.78 Å². The van der Waals surface area contributed by atoms with Crippen LogP contribution in [0.15, 0.2) is 18.5 Å². The number of carbonyl (C=O) groups is 1. The average molecular weight is 397 g/mol. The second-order valence-electron chi connectivity index (χ2n) is 7.76. The topological polar surface area (TPSA) is 86.0 Å². The van der Waals surface area contributed by atoms with Crippen molar-refractivity contribution >= 4 is 22.9 Å². The van der Waals surface area contributed by atoms with Gasteiger partial charge in [-0.1, -0.05) is 11.3 Å². The Labute approximate surface area is 169 Å². The maximum Gasteiger partial charge on any atom is 0.227 e. The predicted octanol–water partition coefficient (Wildman–Crippen LogP) is 3.03. The molecule has 2 saturated heterocycles. The van der Waals surface area contributed by atoms with E-state index in [2.05, 4.69) is 26.2 Å². The van der Waals surface area contributed by atoms with Gasteiger partial charge in [-0.25, -0.2) is 0 Å². The molecule has 0 aliphatic carbocycles. The van der Waals surface area contributed by atoms with Gasteiger partial charge in [-0.15, -0.1) is 10.2 Å². The fraction of sp³-hybridized carbons (Fsp3) is 0.550. The number of hydrogen-bond acceptors (Lipinski definition) is 7. The van der Waals surface area contributed by atoms with Crippen molar-refractivity contribution in [2.75, 3.05) is 24.5 Å². The van der Waals surface area contributed by atoms with Crippen molar-refractivity contribution in [2.45, 2.75) is 45.1 Å². The molecular formula is C20H24N6OS. The second kappa shape index (κ2) is 7.47. The van der Waals surface area contributed by atoms with Gasteiger partial charge in [0.05, 0.1) is 18.0 Å². The van der Waals surface area contributed by atoms with Crippen LogP contribution in [0.25, 0.3) is 10.6 Å². The number of aryl methyl sites for hydroxylation is 1. The lowest BCUT2D eigenvalue weighted by Gasteiger charge is -2.37. The van der Waals surface area contributed by atoms with Crippen molar-refractivity contribution in [3.8, 4) is 16.6 Å². The number of rotatable bonds is 3. The van der Waals surface area contributed by atoms with E-state index in [4.69, 9.17) is 0 Å². The minimum Gasteiger partial charge on any atom is -0.370 e. The first-order valence-corrected chi connectivity index (χ1v) is 10.6. The molecule has 1 amide bonds. The highest BCUT2D eigenvalue weighted by atomic mass is 32.1. The summed E-state index contributed by atoms with van der Waals surface area (Å²) >= 11 is 1.58. The number of carbonyl (C=O) groups excluding carboxylic acids is 1. The van der Waals surface area contributed by atoms with Crippen molar-refractivity contribution in [2.24, 2.45) is 5.92 Å². The molecule has 1 atom stereocenters. The fourth-order valence-corrected chi connectivity index (χ4v) is 4.97. The van der Waals surface area contributed by atoms with Crippen LogP contribution in [0.3, 0.4) is 0 Å². The van der Waals surface area contributed by atoms with E-state index in [-0.39, 0.29) is 11.8 Å². The molecule has 0 N–H and O–H groups in total. The summed E-state index contributed by atoms with van der Waals surface area (Å²) in [5, 5.41) is 19.8. The molecule has 0 aromatic carbocycles. The number of aromatic nitrogens is 3. The minimum absolute atomic E-state index is 0.00841. The van der Waals surface area contributed by atoms with Crippen molar-refractivity contribution in [1.29, 1.82) is 5.26 Å². The molecule has 0 spiro atoms. The Kier molecular flexibility index (Phi) is 5.02. The molecule has 4 rings (SSSR count). The molecule has 0 unspecified atom stereocenters. The van der Waals surface area contributed by atoms with Gasteiger partial charge in [-0.05, 0) is 45.6 Å². The zero-order valence-electron chi connectivity index (χ0n) is 16.3. The zero-order valence-corrected chi connectivity index (χ0v) is 17.1. The maximum atomic E-state index is 13.0. The molecule has 28 heavy (non-hydrogen) atoms. The van der Waals surface area contributed by atoms with Crippen molar-refractivity contribution < 1.29 is 4.79 Å². The number of piperidine rings is 1. The highest BCUT2D eigenvalue weighted by Gasteiger charge is 2.42. The van der Waals surface area contributed by atoms with Gasteiger partial charge in [0.1, 0.15) is 15.6 Å². The third-order valence-corrected chi connectivity index (χ3v) is 6.76. The molecule has 0 bridgehead atoms. The Hall–Kier alpha value is -2.53. The predicted molar refractivity (Wildman–Crippen MR) is 108 cm³/mol. The summed E-state index contributed by atoms with van der Waals surface area (Å²) in [7, 11) is 0. The van der Waals surface area contributed by atoms with Crippen molar-refractivity contribution in [3.63, 3.8) is 0 Å². The third kappa shape index (κ3) is 3.35. The Morgan fingerprint density at radius 3 is 2.79 bits per heavy atom. The molecule has 2 aliphatic rings. The fourth-order valence-electron chi connectivity index (χ4n) is 4.24. The normalized spacial score (nSPS) is 23.0. The van der Waals surface area contributed by atoms with Crippen LogP contribution in [-0.2, 0) is 4.79 Å². The number of pyridine rings is 1. The SMILES string of the molecule is Cc1nnc(-c2ccncc2N2CCC(C(=O)N3CCC[C@]3(C)C#N)CC2)s1. The summed E-state index contributed by atoms with van der Waals surface area (Å²) < 4.78 is 0. The van der Waals surface area contributed by atoms with Crippen LogP contribution in [0, 0.1) is 24.2 Å². The molecule has 8 heteroatoms. The first kappa shape index (κ1) is 18.8. The number of hydrogen-bond donors (Lipinski definition) is 0. The van der Waals surface area contributed by atoms with E-state index in [1.807, 2.05) is 31.0 Å². The number of nitriles is 1. The van der Waals surface area contributed by atoms with Gasteiger partial charge in [0.2, 0.25) is 5.91 Å². The molecule has 2 aromatic rings. The molecule has 0 radical (unpaired) electrons. The number of likely N-dealkylation sites (tertiary alicyclic amines) is 1. The lowest BCUT2D eigenvalue weighted by atomic mass is 9.92. The average Bonchev–Trinajstić information content (AvgIpc) is 3.34. The Morgan fingerprint density at radius 1 is 1.32 bits per heavy atom. The highest BCUT2D eigenvalue weighted by molar-refractivity contribution is 7.14. The summed E-state index contributed by atoms with van der Waals surface area (Å²) in [6, 6.07) is 4.33. The van der Waals surface area contributed by atoms with Crippen LogP contribution in [-0.4, -0.2) is 51.2 Å². The van der Waals surface area contributed by atoms with E-state index in [9.17, 15) is 10.1 Å². The van der Waals surface area contributed by atoms with Crippen LogP contribution in [0.5, 0.6) is 0 Å². The summed E-state index contributed by atoms with van der Waals surface area (Å²) in [4.78, 5) is 21.4. The maximum absolute atomic E-state index is 13.0. The van der Waals surface area contributed by atoms with Crippen LogP contribution in [0.4, 0.5) is 5.69 Å². The van der Waals surface area contributed by atoms with Gasteiger partial charge >= 0.3 is 0 Å². The summed E-state index contributed by atoms with van der Waals surface area (Å²) in [5.41, 5.74) is 1.45. The number of amides is 1. The van der Waals surface area contributed by atoms with Crippen molar-refractivity contribution in [1.82, 2.24) is 20.1 Å². The molecule has 2 aromatic heterocycles. The molecular weight excluding hydrogens is 372 g/mol. The molecule has 0 saturated carbocycles. The molecule has 4 heterocycles. The van der Waals surface area contributed by atoms with E-state index >= 15 is 0 Å². The smallest absolute Gasteiger partial charge is 0.227 e. The van der Waals surface area contributed by atoms with Crippen molar-refractivity contribution in [3.05, 3.63) is 23.5 Å². The van der Waals surface area contributed by atoms with Crippen LogP contribution >= 0.6 is 11.3 Å². The standard InChI is InChI=1S/C20H24N6OS/c1-14-23-24-18(28-14)16-4-8-22-12-17(16)25-10-5-15(6-11-25)19(27)26-9-3-7-20(26,2)13-21/h4,8,12,15H,3,5-7,9-11H2,1-2H3/t20-/m1/s1. The quantitative estimate of drug-likeness (QED) is 0.793. The van der Waals surface area contributed by atoms with E-state index in [1.165, 1.54) is 0 Å². The third-order valence-electron chi connectivity index (χ3n) is 5.89. The monoisotopic (exact) mass is 396 g/mol. The lowest BCUT2D eigenvalue weighted by molar-refractivity contribution is -0.138. The van der Waals surface area contributed by atoms with Gasteiger partial charge < -0.3 is 9.80 Å². The Morgan fingerprint density at radius 2 is 2.11 bits per heavy atom. The van der Waals surface area contributed by atoms with E-state index in [0.29, 0.717) is 6.54 Å². The minimum atomic E-state index is -0.638. The summed E-state index contributed by atoms with van der Waals surface area (Å²) in [5.74, 6) is 0.137. The summed E-state index contributed by atoms with van der Waals surface area (Å²) in [6.07, 6.45) is 6.92.